The van der Waals surface area contributed by atoms with Crippen LogP contribution in [0.25, 0.3) is 0 Å². The Morgan fingerprint density at radius 2 is 2.10 bits per heavy atom. The van der Waals surface area contributed by atoms with Gasteiger partial charge in [-0.15, -0.1) is 0 Å². The van der Waals surface area contributed by atoms with Crippen molar-refractivity contribution >= 4 is 11.7 Å². The fourth-order valence-corrected chi connectivity index (χ4v) is 1.61. The number of hydrogen-bond acceptors (Lipinski definition) is 4. The second kappa shape index (κ2) is 6.10. The second-order valence-corrected chi connectivity index (χ2v) is 4.10. The van der Waals surface area contributed by atoms with Gasteiger partial charge in [-0.1, -0.05) is 6.07 Å². The number of nitrogens with two attached hydrogens (primary N) is 1. The van der Waals surface area contributed by atoms with E-state index in [1.807, 2.05) is 6.07 Å². The first-order valence-corrected chi connectivity index (χ1v) is 5.88. The maximum absolute atomic E-state index is 13.4. The summed E-state index contributed by atoms with van der Waals surface area (Å²) >= 11 is 0. The zero-order valence-electron chi connectivity index (χ0n) is 10.5. The molecule has 0 aliphatic heterocycles. The molecule has 0 saturated carbocycles. The van der Waals surface area contributed by atoms with Crippen LogP contribution in [0.5, 0.6) is 0 Å². The molecule has 104 valence electrons. The molecule has 0 saturated heterocycles. The zero-order chi connectivity index (χ0) is 14.5. The molecular weight excluding hydrogens is 266 g/mol. The van der Waals surface area contributed by atoms with Crippen molar-refractivity contribution in [3.63, 3.8) is 0 Å². The summed E-state index contributed by atoms with van der Waals surface area (Å²) in [6.07, 6.45) is 3.73. The highest BCUT2D eigenvalue weighted by atomic mass is 19.1. The zero-order valence-corrected chi connectivity index (χ0v) is 10.5. The highest BCUT2D eigenvalue weighted by molar-refractivity contribution is 5.90. The summed E-state index contributed by atoms with van der Waals surface area (Å²) < 4.78 is 31.3. The first-order valence-electron chi connectivity index (χ1n) is 5.88. The summed E-state index contributed by atoms with van der Waals surface area (Å²) in [4.78, 5) is 15.6. The molecule has 0 atom stereocenters. The minimum absolute atomic E-state index is 0.0707. The van der Waals surface area contributed by atoms with E-state index in [0.717, 1.165) is 11.6 Å². The molecule has 2 N–H and O–H groups in total. The molecule has 2 aromatic rings. The molecule has 20 heavy (non-hydrogen) atoms. The van der Waals surface area contributed by atoms with Gasteiger partial charge in [0.05, 0.1) is 17.9 Å². The van der Waals surface area contributed by atoms with Gasteiger partial charge in [0.25, 0.3) is 0 Å². The lowest BCUT2D eigenvalue weighted by Gasteiger charge is -2.07. The molecule has 1 aromatic carbocycles. The maximum atomic E-state index is 13.4. The van der Waals surface area contributed by atoms with Crippen molar-refractivity contribution in [2.24, 2.45) is 0 Å². The van der Waals surface area contributed by atoms with Gasteiger partial charge in [0.1, 0.15) is 11.6 Å². The Balaban J connectivity index is 1.97. The van der Waals surface area contributed by atoms with Crippen molar-refractivity contribution < 1.29 is 18.3 Å². The third-order valence-corrected chi connectivity index (χ3v) is 2.65. The van der Waals surface area contributed by atoms with E-state index in [0.29, 0.717) is 12.5 Å². The molecule has 0 radical (unpaired) electrons. The molecule has 6 heteroatoms. The van der Waals surface area contributed by atoms with Gasteiger partial charge in [0.15, 0.2) is 0 Å². The highest BCUT2D eigenvalue weighted by Crippen LogP contribution is 2.17. The van der Waals surface area contributed by atoms with Gasteiger partial charge >= 0.3 is 5.97 Å². The summed E-state index contributed by atoms with van der Waals surface area (Å²) in [6.45, 7) is 0.0707. The third-order valence-electron chi connectivity index (χ3n) is 2.65. The van der Waals surface area contributed by atoms with Crippen molar-refractivity contribution in [3.05, 3.63) is 59.4 Å². The van der Waals surface area contributed by atoms with Gasteiger partial charge in [-0.3, -0.25) is 4.98 Å². The number of rotatable bonds is 4. The van der Waals surface area contributed by atoms with Crippen LogP contribution in [-0.2, 0) is 11.2 Å². The average Bonchev–Trinajstić information content (AvgIpc) is 2.44. The van der Waals surface area contributed by atoms with Crippen molar-refractivity contribution in [2.45, 2.75) is 6.42 Å². The minimum Gasteiger partial charge on any atom is -0.462 e. The van der Waals surface area contributed by atoms with E-state index in [1.54, 1.807) is 18.5 Å². The van der Waals surface area contributed by atoms with Crippen molar-refractivity contribution in [1.82, 2.24) is 4.98 Å². The van der Waals surface area contributed by atoms with Gasteiger partial charge < -0.3 is 10.5 Å². The summed E-state index contributed by atoms with van der Waals surface area (Å²) in [5, 5.41) is 0. The number of hydrogen-bond donors (Lipinski definition) is 1. The lowest BCUT2D eigenvalue weighted by Crippen LogP contribution is -2.11. The van der Waals surface area contributed by atoms with E-state index in [4.69, 9.17) is 10.5 Å². The summed E-state index contributed by atoms with van der Waals surface area (Å²) in [7, 11) is 0. The number of carbonyl (C=O) groups is 1. The molecule has 0 spiro atoms. The molecule has 0 aliphatic carbocycles. The molecule has 0 fully saturated rings. The largest absolute Gasteiger partial charge is 0.462 e. The summed E-state index contributed by atoms with van der Waals surface area (Å²) in [6, 6.07) is 5.08. The number of ether oxygens (including phenoxy) is 1. The SMILES string of the molecule is Nc1cc(C(=O)OCCc2cccnc2)c(F)cc1F. The average molecular weight is 278 g/mol. The second-order valence-electron chi connectivity index (χ2n) is 4.10. The van der Waals surface area contributed by atoms with Crippen molar-refractivity contribution in [1.29, 1.82) is 0 Å². The number of aromatic nitrogens is 1. The van der Waals surface area contributed by atoms with Crippen molar-refractivity contribution in [3.8, 4) is 0 Å². The molecule has 1 heterocycles. The summed E-state index contributed by atoms with van der Waals surface area (Å²) in [5.74, 6) is -2.78. The van der Waals surface area contributed by atoms with Gasteiger partial charge in [-0.05, 0) is 17.7 Å². The monoisotopic (exact) mass is 278 g/mol. The van der Waals surface area contributed by atoms with Crippen LogP contribution >= 0.6 is 0 Å². The smallest absolute Gasteiger partial charge is 0.341 e. The van der Waals surface area contributed by atoms with E-state index in [2.05, 4.69) is 4.98 Å². The first kappa shape index (κ1) is 13.9. The molecule has 0 unspecified atom stereocenters. The number of pyridine rings is 1. The van der Waals surface area contributed by atoms with E-state index >= 15 is 0 Å². The number of halogens is 2. The van der Waals surface area contributed by atoms with Gasteiger partial charge in [0, 0.05) is 24.9 Å². The van der Waals surface area contributed by atoms with E-state index < -0.39 is 17.6 Å². The Morgan fingerprint density at radius 1 is 1.30 bits per heavy atom. The number of carbonyl (C=O) groups excluding carboxylic acids is 1. The predicted octanol–water partition coefficient (Wildman–Crippen LogP) is 2.34. The lowest BCUT2D eigenvalue weighted by atomic mass is 10.2. The number of esters is 1. The molecule has 0 bridgehead atoms. The Labute approximate surface area is 114 Å². The van der Waals surface area contributed by atoms with E-state index in [9.17, 15) is 13.6 Å². The number of nitrogen functional groups attached to an aromatic ring is 1. The van der Waals surface area contributed by atoms with Crippen molar-refractivity contribution in [2.75, 3.05) is 12.3 Å². The topological polar surface area (TPSA) is 65.2 Å². The van der Waals surface area contributed by atoms with Crippen LogP contribution in [0.3, 0.4) is 0 Å². The molecule has 1 aromatic heterocycles. The van der Waals surface area contributed by atoms with E-state index in [-0.39, 0.29) is 17.9 Å². The molecular formula is C14H12F2N2O2. The summed E-state index contributed by atoms with van der Waals surface area (Å²) in [5.41, 5.74) is 5.50. The molecule has 0 amide bonds. The van der Waals surface area contributed by atoms with Crippen LogP contribution < -0.4 is 5.73 Å². The Bertz CT molecular complexity index is 618. The quantitative estimate of drug-likeness (QED) is 0.688. The minimum atomic E-state index is -0.997. The van der Waals surface area contributed by atoms with Crippen LogP contribution in [0, 0.1) is 11.6 Å². The van der Waals surface area contributed by atoms with Crippen LogP contribution in [-0.4, -0.2) is 17.6 Å². The molecule has 0 aliphatic rings. The number of benzene rings is 1. The van der Waals surface area contributed by atoms with Crippen LogP contribution in [0.4, 0.5) is 14.5 Å². The molecule has 4 nitrogen and oxygen atoms in total. The van der Waals surface area contributed by atoms with Gasteiger partial charge in [-0.25, -0.2) is 13.6 Å². The van der Waals surface area contributed by atoms with Gasteiger partial charge in [-0.2, -0.15) is 0 Å². The fourth-order valence-electron chi connectivity index (χ4n) is 1.61. The van der Waals surface area contributed by atoms with Crippen LogP contribution in [0.15, 0.2) is 36.7 Å². The van der Waals surface area contributed by atoms with Gasteiger partial charge in [0.2, 0.25) is 0 Å². The van der Waals surface area contributed by atoms with E-state index in [1.165, 1.54) is 0 Å². The third kappa shape index (κ3) is 3.28. The predicted molar refractivity (Wildman–Crippen MR) is 69.0 cm³/mol. The maximum Gasteiger partial charge on any atom is 0.341 e. The Hall–Kier alpha value is -2.50. The Morgan fingerprint density at radius 3 is 2.80 bits per heavy atom. The first-order chi connectivity index (χ1) is 9.58. The molecule has 2 rings (SSSR count). The highest BCUT2D eigenvalue weighted by Gasteiger charge is 2.16. The Kier molecular flexibility index (Phi) is 4.24. The fraction of sp³-hybridized carbons (Fsp3) is 0.143. The standard InChI is InChI=1S/C14H12F2N2O2/c15-11-7-12(16)13(17)6-10(11)14(19)20-5-3-9-2-1-4-18-8-9/h1-2,4,6-8H,3,5,17H2. The number of nitrogens with zero attached hydrogens (tertiary/aromatic N) is 1. The van der Waals surface area contributed by atoms with Crippen LogP contribution in [0.1, 0.15) is 15.9 Å². The lowest BCUT2D eigenvalue weighted by molar-refractivity contribution is 0.0504. The normalized spacial score (nSPS) is 10.3. The number of anilines is 1. The van der Waals surface area contributed by atoms with Crippen LogP contribution in [0.2, 0.25) is 0 Å².